The minimum atomic E-state index is -4.96. The van der Waals surface area contributed by atoms with Crippen molar-refractivity contribution in [2.45, 2.75) is 419 Å². The zero-order chi connectivity index (χ0) is 69.8. The number of carbonyl (C=O) groups is 4. The summed E-state index contributed by atoms with van der Waals surface area (Å²) in [5.41, 5.74) is 0. The first-order chi connectivity index (χ1) is 46.0. The molecule has 0 aromatic heterocycles. The fourth-order valence-electron chi connectivity index (χ4n) is 11.7. The first-order valence-electron chi connectivity index (χ1n) is 39.6. The second-order valence-corrected chi connectivity index (χ2v) is 30.8. The molecular formula is C76H148O17P2. The van der Waals surface area contributed by atoms with Gasteiger partial charge in [-0.2, -0.15) is 0 Å². The molecule has 0 aliphatic carbocycles. The van der Waals surface area contributed by atoms with Gasteiger partial charge in [-0.1, -0.05) is 349 Å². The normalized spacial score (nSPS) is 13.9. The lowest BCUT2D eigenvalue weighted by Crippen LogP contribution is -2.30. The van der Waals surface area contributed by atoms with Crippen LogP contribution in [0.4, 0.5) is 0 Å². The molecule has 0 saturated carbocycles. The van der Waals surface area contributed by atoms with E-state index < -0.39 is 97.5 Å². The minimum absolute atomic E-state index is 0.107. The number of hydrogen-bond donors (Lipinski definition) is 3. The van der Waals surface area contributed by atoms with E-state index in [1.807, 2.05) is 0 Å². The molecule has 0 spiro atoms. The third-order valence-electron chi connectivity index (χ3n) is 17.8. The molecule has 3 N–H and O–H groups in total. The Bertz CT molecular complexity index is 1820. The maximum Gasteiger partial charge on any atom is 0.472 e. The highest BCUT2D eigenvalue weighted by atomic mass is 31.2. The summed E-state index contributed by atoms with van der Waals surface area (Å²) in [5, 5.41) is 10.6. The Kier molecular flexibility index (Phi) is 67.7. The third-order valence-corrected chi connectivity index (χ3v) is 19.7. The quantitative estimate of drug-likeness (QED) is 0.0222. The van der Waals surface area contributed by atoms with Gasteiger partial charge in [-0.3, -0.25) is 37.3 Å². The van der Waals surface area contributed by atoms with E-state index in [0.717, 1.165) is 95.8 Å². The van der Waals surface area contributed by atoms with Crippen LogP contribution in [0.5, 0.6) is 0 Å². The van der Waals surface area contributed by atoms with Gasteiger partial charge in [0.2, 0.25) is 0 Å². The monoisotopic (exact) mass is 1400 g/mol. The number of hydrogen-bond acceptors (Lipinski definition) is 15. The zero-order valence-corrected chi connectivity index (χ0v) is 63.6. The number of aliphatic hydroxyl groups is 1. The molecule has 0 bridgehead atoms. The molecule has 0 aromatic carbocycles. The number of ether oxygens (including phenoxy) is 4. The van der Waals surface area contributed by atoms with E-state index in [2.05, 4.69) is 34.6 Å². The first-order valence-corrected chi connectivity index (χ1v) is 42.6. The van der Waals surface area contributed by atoms with Gasteiger partial charge in [0.05, 0.1) is 26.4 Å². The van der Waals surface area contributed by atoms with E-state index in [9.17, 15) is 43.2 Å². The summed E-state index contributed by atoms with van der Waals surface area (Å²) in [7, 11) is -9.90. The Balaban J connectivity index is 5.18. The molecule has 0 aliphatic rings. The lowest BCUT2D eigenvalue weighted by Gasteiger charge is -2.21. The number of esters is 4. The molecule has 17 nitrogen and oxygen atoms in total. The van der Waals surface area contributed by atoms with Gasteiger partial charge in [0.1, 0.15) is 19.3 Å². The molecule has 5 atom stereocenters. The highest BCUT2D eigenvalue weighted by Crippen LogP contribution is 2.45. The summed E-state index contributed by atoms with van der Waals surface area (Å²) in [4.78, 5) is 72.7. The van der Waals surface area contributed by atoms with Gasteiger partial charge in [0, 0.05) is 25.7 Å². The summed E-state index contributed by atoms with van der Waals surface area (Å²) >= 11 is 0. The largest absolute Gasteiger partial charge is 0.472 e. The summed E-state index contributed by atoms with van der Waals surface area (Å²) in [6, 6.07) is 0. The van der Waals surface area contributed by atoms with E-state index in [1.54, 1.807) is 0 Å². The molecule has 19 heteroatoms. The number of carbonyl (C=O) groups excluding carboxylic acids is 4. The number of aliphatic hydroxyl groups excluding tert-OH is 1. The fourth-order valence-corrected chi connectivity index (χ4v) is 13.3. The van der Waals surface area contributed by atoms with Crippen molar-refractivity contribution in [1.29, 1.82) is 0 Å². The standard InChI is InChI=1S/C76H148O17P2/c1-6-9-12-15-18-21-23-24-25-26-27-28-29-30-31-32-36-42-47-52-57-62-76(81)93-72(66-87-74(79)60-55-50-45-40-37-33-35-39-43-48-53-58-69(4)5)68-91-95(84,85)89-64-70(77)63-88-94(82,83)90-67-71(65-86-73(78)59-54-49-44-38-20-17-14-11-8-3)92-75(80)61-56-51-46-41-34-22-19-16-13-10-7-2/h69-72,77H,6-68H2,1-5H3,(H,82,83)(H,84,85)/t70-,71+,72+/m0/s1. The molecule has 564 valence electrons. The van der Waals surface area contributed by atoms with Crippen molar-refractivity contribution in [3.63, 3.8) is 0 Å². The molecule has 0 amide bonds. The maximum absolute atomic E-state index is 13.1. The number of phosphoric acid groups is 2. The maximum atomic E-state index is 13.1. The van der Waals surface area contributed by atoms with Crippen LogP contribution in [0.25, 0.3) is 0 Å². The average molecular weight is 1400 g/mol. The molecule has 2 unspecified atom stereocenters. The first kappa shape index (κ1) is 93.1. The molecule has 0 aliphatic heterocycles. The minimum Gasteiger partial charge on any atom is -0.462 e. The smallest absolute Gasteiger partial charge is 0.462 e. The van der Waals surface area contributed by atoms with Gasteiger partial charge in [-0.05, 0) is 31.6 Å². The van der Waals surface area contributed by atoms with E-state index >= 15 is 0 Å². The van der Waals surface area contributed by atoms with Crippen LogP contribution in [0.3, 0.4) is 0 Å². The van der Waals surface area contributed by atoms with Crippen LogP contribution in [-0.2, 0) is 65.4 Å². The molecular weight excluding hydrogens is 1250 g/mol. The Morgan fingerprint density at radius 1 is 0.284 bits per heavy atom. The molecule has 95 heavy (non-hydrogen) atoms. The van der Waals surface area contributed by atoms with Gasteiger partial charge >= 0.3 is 39.5 Å². The van der Waals surface area contributed by atoms with Crippen LogP contribution >= 0.6 is 15.6 Å². The summed E-state index contributed by atoms with van der Waals surface area (Å²) in [6.07, 6.45) is 58.3. The summed E-state index contributed by atoms with van der Waals surface area (Å²) in [5.74, 6) is -1.34. The number of unbranched alkanes of at least 4 members (excludes halogenated alkanes) is 48. The summed E-state index contributed by atoms with van der Waals surface area (Å²) < 4.78 is 68.4. The van der Waals surface area contributed by atoms with Crippen molar-refractivity contribution < 1.29 is 80.2 Å². The molecule has 0 aromatic rings. The van der Waals surface area contributed by atoms with E-state index in [0.29, 0.717) is 25.7 Å². The van der Waals surface area contributed by atoms with Gasteiger partial charge in [0.15, 0.2) is 12.2 Å². The van der Waals surface area contributed by atoms with Gasteiger partial charge in [-0.15, -0.1) is 0 Å². The van der Waals surface area contributed by atoms with Crippen LogP contribution in [0.15, 0.2) is 0 Å². The highest BCUT2D eigenvalue weighted by Gasteiger charge is 2.30. The zero-order valence-electron chi connectivity index (χ0n) is 61.8. The second kappa shape index (κ2) is 69.2. The van der Waals surface area contributed by atoms with Crippen molar-refractivity contribution in [2.24, 2.45) is 5.92 Å². The average Bonchev–Trinajstić information content (AvgIpc) is 2.42. The predicted molar refractivity (Wildman–Crippen MR) is 386 cm³/mol. The lowest BCUT2D eigenvalue weighted by molar-refractivity contribution is -0.161. The van der Waals surface area contributed by atoms with Crippen LogP contribution < -0.4 is 0 Å². The molecule has 0 saturated heterocycles. The van der Waals surface area contributed by atoms with Crippen molar-refractivity contribution >= 4 is 39.5 Å². The van der Waals surface area contributed by atoms with Crippen molar-refractivity contribution in [3.8, 4) is 0 Å². The van der Waals surface area contributed by atoms with Gasteiger partial charge < -0.3 is 33.8 Å². The van der Waals surface area contributed by atoms with Gasteiger partial charge in [-0.25, -0.2) is 9.13 Å². The second-order valence-electron chi connectivity index (χ2n) is 27.9. The van der Waals surface area contributed by atoms with Crippen LogP contribution in [0.2, 0.25) is 0 Å². The Labute approximate surface area is 581 Å². The SMILES string of the molecule is CCCCCCCCCCCCCCCCCCCCCCCC(=O)O[C@H](COC(=O)CCCCCCCCCCCCCC(C)C)COP(=O)(O)OC[C@@H](O)COP(=O)(O)OC[C@@H](COC(=O)CCCCCCCCCCC)OC(=O)CCCCCCCCCCCCC. The fraction of sp³-hybridized carbons (Fsp3) is 0.947. The highest BCUT2D eigenvalue weighted by molar-refractivity contribution is 7.47. The molecule has 0 fully saturated rings. The molecule has 0 radical (unpaired) electrons. The van der Waals surface area contributed by atoms with Crippen LogP contribution in [0.1, 0.15) is 401 Å². The van der Waals surface area contributed by atoms with Crippen molar-refractivity contribution in [1.82, 2.24) is 0 Å². The van der Waals surface area contributed by atoms with Crippen molar-refractivity contribution in [2.75, 3.05) is 39.6 Å². The Morgan fingerprint density at radius 3 is 0.716 bits per heavy atom. The Morgan fingerprint density at radius 2 is 0.484 bits per heavy atom. The van der Waals surface area contributed by atoms with Crippen LogP contribution in [0, 0.1) is 5.92 Å². The van der Waals surface area contributed by atoms with E-state index in [1.165, 1.54) is 225 Å². The van der Waals surface area contributed by atoms with Crippen LogP contribution in [-0.4, -0.2) is 96.7 Å². The van der Waals surface area contributed by atoms with Gasteiger partial charge in [0.25, 0.3) is 0 Å². The molecule has 0 rings (SSSR count). The van der Waals surface area contributed by atoms with E-state index in [4.69, 9.17) is 37.0 Å². The lowest BCUT2D eigenvalue weighted by atomic mass is 10.0. The predicted octanol–water partition coefficient (Wildman–Crippen LogP) is 22.5. The molecule has 0 heterocycles. The topological polar surface area (TPSA) is 237 Å². The number of phosphoric ester groups is 2. The van der Waals surface area contributed by atoms with E-state index in [-0.39, 0.29) is 25.7 Å². The third kappa shape index (κ3) is 70.3. The van der Waals surface area contributed by atoms with Crippen molar-refractivity contribution in [3.05, 3.63) is 0 Å². The Hall–Kier alpha value is -1.94. The summed E-state index contributed by atoms with van der Waals surface area (Å²) in [6.45, 7) is 7.27. The number of rotatable bonds is 76.